The van der Waals surface area contributed by atoms with E-state index in [1.807, 2.05) is 30.4 Å². The zero-order valence-electron chi connectivity index (χ0n) is 67.2. The van der Waals surface area contributed by atoms with Crippen molar-refractivity contribution >= 4 is 39.5 Å². The molecule has 0 saturated carbocycles. The number of phosphoric acid groups is 2. The molecule has 614 valence electrons. The largest absolute Gasteiger partial charge is 0.472 e. The van der Waals surface area contributed by atoms with Gasteiger partial charge in [0.2, 0.25) is 0 Å². The SMILES string of the molecule is CC/C=C\C/C=C\C/C=C\C/C=C\C/C=C\CCCCCC(=O)O[C@H](COC(=O)CCC/C=C\C/C=C\C/C=C\C/C=C\CCCCC)COP(=O)(O)OC[C@@H](O)COP(=O)(O)OC[C@@H](COC(=O)CCCCCCCCCCCCCCC)OC(=O)CC/C=C\C/C=C\C/C=C\C/C=C\C/C=C\CCCCC. The van der Waals surface area contributed by atoms with Crippen LogP contribution in [0.2, 0.25) is 0 Å². The van der Waals surface area contributed by atoms with Gasteiger partial charge in [-0.05, 0) is 148 Å². The first-order chi connectivity index (χ1) is 52.7. The quantitative estimate of drug-likeness (QED) is 0.0169. The number of aliphatic hydroxyl groups is 1. The van der Waals surface area contributed by atoms with Gasteiger partial charge in [-0.15, -0.1) is 0 Å². The van der Waals surface area contributed by atoms with Crippen molar-refractivity contribution in [3.05, 3.63) is 170 Å². The zero-order chi connectivity index (χ0) is 78.9. The summed E-state index contributed by atoms with van der Waals surface area (Å²) in [5, 5.41) is 10.7. The molecule has 17 nitrogen and oxygen atoms in total. The Bertz CT molecular complexity index is 2710. The molecule has 0 aliphatic heterocycles. The minimum atomic E-state index is -5.01. The molecule has 0 saturated heterocycles. The molecule has 0 spiro atoms. The summed E-state index contributed by atoms with van der Waals surface area (Å²) in [6.45, 7) is 4.52. The lowest BCUT2D eigenvalue weighted by Gasteiger charge is -2.21. The Morgan fingerprint density at radius 3 is 0.852 bits per heavy atom. The van der Waals surface area contributed by atoms with Crippen LogP contribution < -0.4 is 0 Å². The Kier molecular flexibility index (Phi) is 75.4. The number of ether oxygens (including phenoxy) is 4. The topological polar surface area (TPSA) is 237 Å². The zero-order valence-corrected chi connectivity index (χ0v) is 69.0. The third-order valence-electron chi connectivity index (χ3n) is 16.7. The van der Waals surface area contributed by atoms with Crippen LogP contribution in [0.25, 0.3) is 0 Å². The molecule has 0 fully saturated rings. The van der Waals surface area contributed by atoms with E-state index in [9.17, 15) is 43.2 Å². The molecule has 0 rings (SSSR count). The van der Waals surface area contributed by atoms with Gasteiger partial charge in [0, 0.05) is 25.7 Å². The lowest BCUT2D eigenvalue weighted by atomic mass is 10.0. The maximum Gasteiger partial charge on any atom is 0.472 e. The number of rotatable bonds is 76. The summed E-state index contributed by atoms with van der Waals surface area (Å²) in [6, 6.07) is 0. The van der Waals surface area contributed by atoms with Crippen LogP contribution in [-0.4, -0.2) is 96.7 Å². The highest BCUT2D eigenvalue weighted by Gasteiger charge is 2.30. The summed E-state index contributed by atoms with van der Waals surface area (Å²) >= 11 is 0. The number of carbonyl (C=O) groups is 4. The summed E-state index contributed by atoms with van der Waals surface area (Å²) in [7, 11) is -10.0. The fraction of sp³-hybridized carbons (Fsp3) is 0.640. The maximum atomic E-state index is 13.1. The average molecular weight is 1550 g/mol. The van der Waals surface area contributed by atoms with E-state index in [-0.39, 0.29) is 25.7 Å². The van der Waals surface area contributed by atoms with Gasteiger partial charge in [-0.2, -0.15) is 0 Å². The van der Waals surface area contributed by atoms with E-state index in [4.69, 9.17) is 37.0 Å². The van der Waals surface area contributed by atoms with Gasteiger partial charge < -0.3 is 33.8 Å². The van der Waals surface area contributed by atoms with Crippen LogP contribution in [0.1, 0.15) is 310 Å². The predicted molar refractivity (Wildman–Crippen MR) is 445 cm³/mol. The first kappa shape index (κ1) is 102. The van der Waals surface area contributed by atoms with E-state index in [0.717, 1.165) is 128 Å². The van der Waals surface area contributed by atoms with Crippen LogP contribution >= 0.6 is 15.6 Å². The van der Waals surface area contributed by atoms with E-state index < -0.39 is 97.5 Å². The van der Waals surface area contributed by atoms with Crippen LogP contribution in [0.4, 0.5) is 0 Å². The first-order valence-corrected chi connectivity index (χ1v) is 44.4. The molecule has 2 unspecified atom stereocenters. The highest BCUT2D eigenvalue weighted by atomic mass is 31.2. The van der Waals surface area contributed by atoms with Gasteiger partial charge >= 0.3 is 39.5 Å². The summed E-state index contributed by atoms with van der Waals surface area (Å²) in [5.74, 6) is -2.38. The normalized spacial score (nSPS) is 14.7. The third kappa shape index (κ3) is 78.5. The lowest BCUT2D eigenvalue weighted by molar-refractivity contribution is -0.161. The van der Waals surface area contributed by atoms with Gasteiger partial charge in [0.15, 0.2) is 12.2 Å². The van der Waals surface area contributed by atoms with Crippen molar-refractivity contribution in [1.29, 1.82) is 0 Å². The molecule has 0 aromatic heterocycles. The van der Waals surface area contributed by atoms with E-state index in [2.05, 4.69) is 167 Å². The number of hydrogen-bond acceptors (Lipinski definition) is 15. The second-order valence-corrected chi connectivity index (χ2v) is 29.9. The fourth-order valence-electron chi connectivity index (χ4n) is 10.4. The second kappa shape index (κ2) is 79.5. The molecule has 0 aliphatic carbocycles. The van der Waals surface area contributed by atoms with E-state index in [0.29, 0.717) is 38.5 Å². The summed E-state index contributed by atoms with van der Waals surface area (Å²) < 4.78 is 68.5. The van der Waals surface area contributed by atoms with Gasteiger partial charge in [-0.3, -0.25) is 37.3 Å². The highest BCUT2D eigenvalue weighted by molar-refractivity contribution is 7.47. The Labute approximate surface area is 654 Å². The van der Waals surface area contributed by atoms with Crippen molar-refractivity contribution < 1.29 is 80.2 Å². The number of carbonyl (C=O) groups excluding carboxylic acids is 4. The summed E-state index contributed by atoms with van der Waals surface area (Å²) in [4.78, 5) is 73.1. The number of allylic oxidation sites excluding steroid dienone is 28. The minimum absolute atomic E-state index is 0.0339. The third-order valence-corrected chi connectivity index (χ3v) is 18.6. The fourth-order valence-corrected chi connectivity index (χ4v) is 12.0. The van der Waals surface area contributed by atoms with Crippen LogP contribution in [0.3, 0.4) is 0 Å². The number of unbranched alkanes of at least 4 members (excludes halogenated alkanes) is 22. The standard InChI is InChI=1S/C89H146O17P2/c1-5-9-13-17-21-25-29-33-36-39-41-44-47-51-55-59-63-67-71-75-88(93)105-84(79-99-86(91)73-69-65-61-57-53-49-32-28-24-20-16-12-8-4)81-103-107(95,96)101-77-83(90)78-102-108(97,98)104-82-85(80-100-87(92)74-70-66-62-58-54-50-46-43-38-35-31-27-23-19-15-11-7-3)106-89(94)76-72-68-64-60-56-52-48-45-42-40-37-34-30-26-22-18-14-10-6-2/h10,14,21-23,25-27,33-38,41-42,44-46,50-52,55-56,58,62-63,67,83-85,90H,5-9,11-13,15-20,24,28-32,39-40,43,47-49,53-54,57,59-61,64-66,68-82H2,1-4H3,(H,95,96)(H,97,98)/b14-10-,25-21-,26-22-,27-23-,36-33-,37-34-,38-35-,44-41-,45-42-,50-46-,55-51-,56-52-,62-58-,67-63-/t83-,84+,85+/m0/s1. The number of phosphoric ester groups is 2. The second-order valence-electron chi connectivity index (χ2n) is 27.0. The summed E-state index contributed by atoms with van der Waals surface area (Å²) in [6.07, 6.45) is 94.9. The number of esters is 4. The molecule has 0 aromatic rings. The summed E-state index contributed by atoms with van der Waals surface area (Å²) in [5.41, 5.74) is 0. The molecule has 0 amide bonds. The van der Waals surface area contributed by atoms with Crippen molar-refractivity contribution in [3.63, 3.8) is 0 Å². The van der Waals surface area contributed by atoms with Crippen LogP contribution in [0, 0.1) is 0 Å². The minimum Gasteiger partial charge on any atom is -0.462 e. The highest BCUT2D eigenvalue weighted by Crippen LogP contribution is 2.45. The average Bonchev–Trinajstić information content (AvgIpc) is 0.898. The first-order valence-electron chi connectivity index (χ1n) is 41.4. The molecule has 0 radical (unpaired) electrons. The molecule has 19 heteroatoms. The van der Waals surface area contributed by atoms with Gasteiger partial charge in [-0.25, -0.2) is 9.13 Å². The van der Waals surface area contributed by atoms with Crippen molar-refractivity contribution in [1.82, 2.24) is 0 Å². The van der Waals surface area contributed by atoms with Crippen molar-refractivity contribution in [3.8, 4) is 0 Å². The predicted octanol–water partition coefficient (Wildman–Crippen LogP) is 24.6. The molecule has 0 aliphatic rings. The van der Waals surface area contributed by atoms with Crippen LogP contribution in [0.5, 0.6) is 0 Å². The van der Waals surface area contributed by atoms with Gasteiger partial charge in [-0.1, -0.05) is 307 Å². The van der Waals surface area contributed by atoms with Gasteiger partial charge in [0.05, 0.1) is 26.4 Å². The van der Waals surface area contributed by atoms with Gasteiger partial charge in [0.1, 0.15) is 19.3 Å². The van der Waals surface area contributed by atoms with Crippen LogP contribution in [-0.2, 0) is 65.4 Å². The molecular formula is C89H146O17P2. The Morgan fingerprint density at radius 1 is 0.269 bits per heavy atom. The molecule has 5 atom stereocenters. The van der Waals surface area contributed by atoms with Crippen molar-refractivity contribution in [2.75, 3.05) is 39.6 Å². The lowest BCUT2D eigenvalue weighted by Crippen LogP contribution is -2.30. The molecule has 0 heterocycles. The van der Waals surface area contributed by atoms with Crippen LogP contribution in [0.15, 0.2) is 170 Å². The molecule has 3 N–H and O–H groups in total. The van der Waals surface area contributed by atoms with Crippen molar-refractivity contribution in [2.45, 2.75) is 329 Å². The molecular weight excluding hydrogens is 1400 g/mol. The Balaban J connectivity index is 5.53. The monoisotopic (exact) mass is 1550 g/mol. The molecule has 108 heavy (non-hydrogen) atoms. The number of aliphatic hydroxyl groups excluding tert-OH is 1. The maximum absolute atomic E-state index is 13.1. The van der Waals surface area contributed by atoms with Crippen molar-refractivity contribution in [2.24, 2.45) is 0 Å². The number of hydrogen-bond donors (Lipinski definition) is 3. The molecule has 0 aromatic carbocycles. The van der Waals surface area contributed by atoms with E-state index in [1.165, 1.54) is 89.9 Å². The van der Waals surface area contributed by atoms with E-state index >= 15 is 0 Å². The van der Waals surface area contributed by atoms with Gasteiger partial charge in [0.25, 0.3) is 0 Å². The Morgan fingerprint density at radius 2 is 0.509 bits per heavy atom. The smallest absolute Gasteiger partial charge is 0.462 e. The Hall–Kier alpha value is -5.58. The molecule has 0 bridgehead atoms. The van der Waals surface area contributed by atoms with E-state index in [1.54, 1.807) is 0 Å².